The number of hydrogen-bond donors (Lipinski definition) is 1. The molecule has 2 nitrogen and oxygen atoms in total. The number of allylic oxidation sites excluding steroid dienone is 1. The molecule has 4 aromatic rings. The molecule has 1 N–H and O–H groups in total. The molecule has 0 atom stereocenters. The van der Waals surface area contributed by atoms with Gasteiger partial charge >= 0.3 is 0 Å². The summed E-state index contributed by atoms with van der Waals surface area (Å²) < 4.78 is 0. The Bertz CT molecular complexity index is 1240. The third-order valence-corrected chi connectivity index (χ3v) is 5.71. The first kappa shape index (κ1) is 17.7. The van der Waals surface area contributed by atoms with E-state index in [0.29, 0.717) is 0 Å². The fraction of sp³-hybridized carbons (Fsp3) is 0.148. The molecule has 1 heterocycles. The lowest BCUT2D eigenvalue weighted by molar-refractivity contribution is 0.105. The maximum Gasteiger partial charge on any atom is 0.189 e. The van der Waals surface area contributed by atoms with Gasteiger partial charge in [-0.25, -0.2) is 0 Å². The SMILES string of the molecule is CC1(C)Cc2ccccc2/C(=C\C(=O)c2c3ccccc3cc3ccccc23)N1. The smallest absolute Gasteiger partial charge is 0.189 e. The minimum absolute atomic E-state index is 0.0352. The van der Waals surface area contributed by atoms with Crippen molar-refractivity contribution in [2.45, 2.75) is 25.8 Å². The van der Waals surface area contributed by atoms with Crippen molar-refractivity contribution in [1.29, 1.82) is 0 Å². The highest BCUT2D eigenvalue weighted by atomic mass is 16.1. The Hall–Kier alpha value is -3.39. The van der Waals surface area contributed by atoms with Crippen LogP contribution in [0.25, 0.3) is 27.2 Å². The van der Waals surface area contributed by atoms with E-state index in [1.54, 1.807) is 6.08 Å². The average molecular weight is 377 g/mol. The molecule has 0 bridgehead atoms. The molecule has 0 fully saturated rings. The zero-order valence-corrected chi connectivity index (χ0v) is 16.7. The second kappa shape index (κ2) is 6.59. The first-order valence-corrected chi connectivity index (χ1v) is 10.0. The van der Waals surface area contributed by atoms with E-state index in [0.717, 1.165) is 44.8 Å². The first-order chi connectivity index (χ1) is 14.0. The summed E-state index contributed by atoms with van der Waals surface area (Å²) in [6.07, 6.45) is 2.72. The highest BCUT2D eigenvalue weighted by molar-refractivity contribution is 6.23. The van der Waals surface area contributed by atoms with Crippen LogP contribution in [0.1, 0.15) is 35.3 Å². The van der Waals surface area contributed by atoms with Crippen LogP contribution in [0.3, 0.4) is 0 Å². The van der Waals surface area contributed by atoms with Crippen LogP contribution in [0.15, 0.2) is 84.9 Å². The Kier molecular flexibility index (Phi) is 4.02. The molecule has 0 spiro atoms. The summed E-state index contributed by atoms with van der Waals surface area (Å²) in [6, 6.07) is 26.8. The molecule has 4 aromatic carbocycles. The Morgan fingerprint density at radius 3 is 2.14 bits per heavy atom. The van der Waals surface area contributed by atoms with Crippen LogP contribution in [0.5, 0.6) is 0 Å². The highest BCUT2D eigenvalue weighted by Gasteiger charge is 2.28. The maximum atomic E-state index is 13.6. The molecule has 29 heavy (non-hydrogen) atoms. The zero-order chi connectivity index (χ0) is 20.0. The zero-order valence-electron chi connectivity index (χ0n) is 16.7. The lowest BCUT2D eigenvalue weighted by Gasteiger charge is -2.35. The Morgan fingerprint density at radius 1 is 0.862 bits per heavy atom. The topological polar surface area (TPSA) is 29.1 Å². The number of carbonyl (C=O) groups is 1. The van der Waals surface area contributed by atoms with Gasteiger partial charge in [-0.1, -0.05) is 72.8 Å². The van der Waals surface area contributed by atoms with Gasteiger partial charge in [-0.3, -0.25) is 4.79 Å². The van der Waals surface area contributed by atoms with Crippen LogP contribution in [-0.4, -0.2) is 11.3 Å². The van der Waals surface area contributed by atoms with E-state index < -0.39 is 0 Å². The molecule has 5 rings (SSSR count). The fourth-order valence-electron chi connectivity index (χ4n) is 4.49. The Labute approximate surface area is 170 Å². The second-order valence-corrected chi connectivity index (χ2v) is 8.46. The molecule has 0 aromatic heterocycles. The van der Waals surface area contributed by atoms with E-state index in [9.17, 15) is 4.79 Å². The molecule has 1 aliphatic rings. The van der Waals surface area contributed by atoms with Crippen molar-refractivity contribution >= 4 is 33.0 Å². The molecular formula is C27H23NO. The third kappa shape index (κ3) is 3.11. The molecule has 0 unspecified atom stereocenters. The number of nitrogens with one attached hydrogen (secondary N) is 1. The average Bonchev–Trinajstić information content (AvgIpc) is 2.71. The van der Waals surface area contributed by atoms with Crippen molar-refractivity contribution in [3.8, 4) is 0 Å². The van der Waals surface area contributed by atoms with Crippen molar-refractivity contribution in [1.82, 2.24) is 5.32 Å². The molecule has 142 valence electrons. The van der Waals surface area contributed by atoms with Gasteiger partial charge in [0.05, 0.1) is 0 Å². The van der Waals surface area contributed by atoms with Gasteiger partial charge in [-0.05, 0) is 53.4 Å². The van der Waals surface area contributed by atoms with E-state index in [1.807, 2.05) is 42.5 Å². The van der Waals surface area contributed by atoms with E-state index in [1.165, 1.54) is 5.56 Å². The van der Waals surface area contributed by atoms with E-state index in [2.05, 4.69) is 55.6 Å². The standard InChI is InChI=1S/C27H23NO/c1-27(2)17-20-11-5-6-12-21(20)24(28-27)16-25(29)26-22-13-7-3-9-18(22)15-19-10-4-8-14-23(19)26/h3-16,28H,17H2,1-2H3/b24-16+. The van der Waals surface area contributed by atoms with Gasteiger partial charge in [0.15, 0.2) is 5.78 Å². The number of rotatable bonds is 2. The van der Waals surface area contributed by atoms with E-state index in [4.69, 9.17) is 0 Å². The molecule has 2 heteroatoms. The van der Waals surface area contributed by atoms with Gasteiger partial charge in [-0.2, -0.15) is 0 Å². The Balaban J connectivity index is 1.73. The van der Waals surface area contributed by atoms with Crippen LogP contribution in [0, 0.1) is 0 Å². The molecule has 0 aliphatic carbocycles. The normalized spacial score (nSPS) is 16.6. The molecule has 0 saturated heterocycles. The van der Waals surface area contributed by atoms with Crippen molar-refractivity contribution < 1.29 is 4.79 Å². The van der Waals surface area contributed by atoms with Crippen LogP contribution < -0.4 is 5.32 Å². The summed E-state index contributed by atoms with van der Waals surface area (Å²) in [5.41, 5.74) is 3.97. The van der Waals surface area contributed by atoms with E-state index >= 15 is 0 Å². The van der Waals surface area contributed by atoms with Crippen LogP contribution in [0.4, 0.5) is 0 Å². The Morgan fingerprint density at radius 2 is 1.45 bits per heavy atom. The van der Waals surface area contributed by atoms with Gasteiger partial charge in [0.1, 0.15) is 0 Å². The molecule has 0 radical (unpaired) electrons. The van der Waals surface area contributed by atoms with Crippen LogP contribution >= 0.6 is 0 Å². The van der Waals surface area contributed by atoms with Crippen LogP contribution in [0.2, 0.25) is 0 Å². The minimum Gasteiger partial charge on any atom is -0.379 e. The first-order valence-electron chi connectivity index (χ1n) is 10.0. The van der Waals surface area contributed by atoms with Crippen molar-refractivity contribution in [2.24, 2.45) is 0 Å². The summed E-state index contributed by atoms with van der Waals surface area (Å²) >= 11 is 0. The van der Waals surface area contributed by atoms with Crippen molar-refractivity contribution in [3.05, 3.63) is 102 Å². The quantitative estimate of drug-likeness (QED) is 0.258. The predicted octanol–water partition coefficient (Wildman–Crippen LogP) is 6.14. The minimum atomic E-state index is -0.0959. The summed E-state index contributed by atoms with van der Waals surface area (Å²) in [7, 11) is 0. The lowest BCUT2D eigenvalue weighted by atomic mass is 9.85. The predicted molar refractivity (Wildman–Crippen MR) is 121 cm³/mol. The third-order valence-electron chi connectivity index (χ3n) is 5.71. The van der Waals surface area contributed by atoms with Gasteiger partial charge < -0.3 is 5.32 Å². The summed E-state index contributed by atoms with van der Waals surface area (Å²) in [6.45, 7) is 4.35. The monoisotopic (exact) mass is 377 g/mol. The number of carbonyl (C=O) groups excluding carboxylic acids is 1. The van der Waals surface area contributed by atoms with Gasteiger partial charge in [0, 0.05) is 28.4 Å². The molecule has 0 amide bonds. The van der Waals surface area contributed by atoms with Gasteiger partial charge in [0.25, 0.3) is 0 Å². The van der Waals surface area contributed by atoms with Crippen LogP contribution in [-0.2, 0) is 6.42 Å². The number of benzene rings is 4. The largest absolute Gasteiger partial charge is 0.379 e. The van der Waals surface area contributed by atoms with Crippen molar-refractivity contribution in [3.63, 3.8) is 0 Å². The van der Waals surface area contributed by atoms with E-state index in [-0.39, 0.29) is 11.3 Å². The summed E-state index contributed by atoms with van der Waals surface area (Å²) in [5.74, 6) is 0.0352. The van der Waals surface area contributed by atoms with Gasteiger partial charge in [-0.15, -0.1) is 0 Å². The molecule has 0 saturated carbocycles. The lowest BCUT2D eigenvalue weighted by Crippen LogP contribution is -2.43. The molecule has 1 aliphatic heterocycles. The summed E-state index contributed by atoms with van der Waals surface area (Å²) in [5, 5.41) is 7.76. The number of hydrogen-bond acceptors (Lipinski definition) is 2. The summed E-state index contributed by atoms with van der Waals surface area (Å²) in [4.78, 5) is 13.6. The maximum absolute atomic E-state index is 13.6. The highest BCUT2D eigenvalue weighted by Crippen LogP contribution is 2.32. The van der Waals surface area contributed by atoms with Crippen molar-refractivity contribution in [2.75, 3.05) is 0 Å². The van der Waals surface area contributed by atoms with Gasteiger partial charge in [0.2, 0.25) is 0 Å². The fourth-order valence-corrected chi connectivity index (χ4v) is 4.49. The number of fused-ring (bicyclic) bond motifs is 3. The second-order valence-electron chi connectivity index (χ2n) is 8.46. The molecular weight excluding hydrogens is 354 g/mol. The number of ketones is 1.